The molecule has 0 saturated carbocycles. The zero-order chi connectivity index (χ0) is 20.9. The van der Waals surface area contributed by atoms with Crippen molar-refractivity contribution >= 4 is 29.1 Å². The lowest BCUT2D eigenvalue weighted by Gasteiger charge is -2.60. The van der Waals surface area contributed by atoms with Crippen molar-refractivity contribution < 1.29 is 23.0 Å². The Hall–Kier alpha value is -2.81. The van der Waals surface area contributed by atoms with E-state index in [-0.39, 0.29) is 17.2 Å². The van der Waals surface area contributed by atoms with Crippen molar-refractivity contribution in [2.75, 3.05) is 49.1 Å². The first kappa shape index (κ1) is 19.2. The summed E-state index contributed by atoms with van der Waals surface area (Å²) in [5.74, 6) is 1.37. The normalized spacial score (nSPS) is 19.1. The van der Waals surface area contributed by atoms with Gasteiger partial charge in [0.2, 0.25) is 0 Å². The second-order valence-electron chi connectivity index (χ2n) is 7.84. The van der Waals surface area contributed by atoms with E-state index in [1.807, 2.05) is 11.0 Å². The topological polar surface area (TPSA) is 58.1 Å². The highest BCUT2D eigenvalue weighted by molar-refractivity contribution is 6.30. The van der Waals surface area contributed by atoms with Crippen molar-refractivity contribution in [2.24, 2.45) is 5.41 Å². The van der Waals surface area contributed by atoms with Gasteiger partial charge in [0.1, 0.15) is 23.9 Å². The maximum Gasteiger partial charge on any atom is 0.387 e. The molecule has 1 aromatic carbocycles. The average molecular weight is 437 g/mol. The van der Waals surface area contributed by atoms with E-state index in [9.17, 15) is 13.6 Å². The van der Waals surface area contributed by atoms with Gasteiger partial charge in [0.15, 0.2) is 0 Å². The molecule has 30 heavy (non-hydrogen) atoms. The molecule has 0 atom stereocenters. The van der Waals surface area contributed by atoms with Crippen LogP contribution in [0.15, 0.2) is 36.5 Å². The smallest absolute Gasteiger partial charge is 0.387 e. The fourth-order valence-corrected chi connectivity index (χ4v) is 4.48. The summed E-state index contributed by atoms with van der Waals surface area (Å²) >= 11 is 6.02. The quantitative estimate of drug-likeness (QED) is 0.737. The van der Waals surface area contributed by atoms with Gasteiger partial charge in [-0.05, 0) is 24.3 Å². The number of aromatic nitrogens is 1. The van der Waals surface area contributed by atoms with Crippen LogP contribution in [0, 0.1) is 5.41 Å². The van der Waals surface area contributed by atoms with E-state index < -0.39 is 6.61 Å². The lowest BCUT2D eigenvalue weighted by Crippen LogP contribution is -2.74. The molecule has 5 rings (SSSR count). The molecular formula is C20H19ClF2N4O3. The number of ether oxygens (including phenoxy) is 2. The van der Waals surface area contributed by atoms with Gasteiger partial charge in [-0.25, -0.2) is 9.78 Å². The maximum absolute atomic E-state index is 13.0. The van der Waals surface area contributed by atoms with Crippen LogP contribution in [0.5, 0.6) is 11.5 Å². The van der Waals surface area contributed by atoms with Gasteiger partial charge in [-0.1, -0.05) is 11.6 Å². The zero-order valence-corrected chi connectivity index (χ0v) is 16.7. The Kier molecular flexibility index (Phi) is 4.57. The average Bonchev–Trinajstić information content (AvgIpc) is 2.65. The molecule has 4 heterocycles. The largest absolute Gasteiger partial charge is 0.489 e. The Bertz CT molecular complexity index is 961. The minimum Gasteiger partial charge on any atom is -0.489 e. The number of urea groups is 1. The predicted molar refractivity (Wildman–Crippen MR) is 107 cm³/mol. The number of hydrogen-bond donors (Lipinski definition) is 0. The van der Waals surface area contributed by atoms with E-state index in [0.29, 0.717) is 42.8 Å². The van der Waals surface area contributed by atoms with Gasteiger partial charge in [0.05, 0.1) is 18.4 Å². The number of benzene rings is 1. The second-order valence-corrected chi connectivity index (χ2v) is 8.27. The molecule has 1 aromatic heterocycles. The summed E-state index contributed by atoms with van der Waals surface area (Å²) in [6.07, 6.45) is 1.30. The number of carbonyl (C=O) groups is 1. The van der Waals surface area contributed by atoms with E-state index in [4.69, 9.17) is 16.3 Å². The van der Waals surface area contributed by atoms with Crippen molar-refractivity contribution in [1.82, 2.24) is 9.88 Å². The summed E-state index contributed by atoms with van der Waals surface area (Å²) in [7, 11) is 0. The number of hydrogen-bond acceptors (Lipinski definition) is 5. The number of alkyl halides is 2. The highest BCUT2D eigenvalue weighted by Gasteiger charge is 2.54. The molecule has 3 aliphatic rings. The third-order valence-electron chi connectivity index (χ3n) is 5.66. The van der Waals surface area contributed by atoms with Gasteiger partial charge in [0.25, 0.3) is 0 Å². The van der Waals surface area contributed by atoms with Crippen LogP contribution in [-0.2, 0) is 0 Å². The summed E-state index contributed by atoms with van der Waals surface area (Å²) in [4.78, 5) is 22.8. The number of amides is 2. The minimum absolute atomic E-state index is 0.0300. The van der Waals surface area contributed by atoms with Gasteiger partial charge >= 0.3 is 12.6 Å². The van der Waals surface area contributed by atoms with Gasteiger partial charge in [-0.3, -0.25) is 4.90 Å². The molecule has 1 spiro atoms. The van der Waals surface area contributed by atoms with Crippen LogP contribution >= 0.6 is 11.6 Å². The number of nitrogens with zero attached hydrogens (tertiary/aromatic N) is 4. The van der Waals surface area contributed by atoms with Crippen LogP contribution in [0.4, 0.5) is 25.1 Å². The third-order valence-corrected chi connectivity index (χ3v) is 5.90. The SMILES string of the molecule is O=C(N1CC2(C1)CN(c1ccc(OC(F)F)cn1)C2)N1CCOc2cc(Cl)ccc21. The second kappa shape index (κ2) is 7.16. The summed E-state index contributed by atoms with van der Waals surface area (Å²) < 4.78 is 34.4. The number of rotatable bonds is 3. The van der Waals surface area contributed by atoms with E-state index in [2.05, 4.69) is 14.6 Å². The van der Waals surface area contributed by atoms with Crippen LogP contribution in [0.3, 0.4) is 0 Å². The van der Waals surface area contributed by atoms with Crippen LogP contribution in [0.1, 0.15) is 0 Å². The van der Waals surface area contributed by atoms with Crippen LogP contribution in [0.2, 0.25) is 5.02 Å². The van der Waals surface area contributed by atoms with E-state index in [1.165, 1.54) is 12.3 Å². The van der Waals surface area contributed by atoms with Crippen molar-refractivity contribution in [3.8, 4) is 11.5 Å². The molecule has 0 N–H and O–H groups in total. The first-order valence-corrected chi connectivity index (χ1v) is 9.95. The highest BCUT2D eigenvalue weighted by atomic mass is 35.5. The van der Waals surface area contributed by atoms with Gasteiger partial charge in [-0.15, -0.1) is 0 Å². The molecule has 0 aliphatic carbocycles. The molecule has 2 fully saturated rings. The molecule has 0 radical (unpaired) electrons. The summed E-state index contributed by atoms with van der Waals surface area (Å²) in [6, 6.07) is 8.41. The Balaban J connectivity index is 1.17. The van der Waals surface area contributed by atoms with Crippen molar-refractivity contribution in [3.63, 3.8) is 0 Å². The maximum atomic E-state index is 13.0. The Labute approximate surface area is 176 Å². The molecule has 7 nitrogen and oxygen atoms in total. The van der Waals surface area contributed by atoms with Gasteiger partial charge < -0.3 is 19.3 Å². The number of anilines is 2. The lowest BCUT2D eigenvalue weighted by molar-refractivity contribution is -0.0500. The zero-order valence-electron chi connectivity index (χ0n) is 15.9. The summed E-state index contributed by atoms with van der Waals surface area (Å²) in [5.41, 5.74) is 0.798. The molecule has 3 aliphatic heterocycles. The van der Waals surface area contributed by atoms with E-state index in [0.717, 1.165) is 18.8 Å². The number of likely N-dealkylation sites (tertiary alicyclic amines) is 1. The molecule has 2 aromatic rings. The fraction of sp³-hybridized carbons (Fsp3) is 0.400. The molecule has 0 unspecified atom stereocenters. The minimum atomic E-state index is -2.86. The molecular weight excluding hydrogens is 418 g/mol. The lowest BCUT2D eigenvalue weighted by atomic mass is 9.73. The van der Waals surface area contributed by atoms with E-state index in [1.54, 1.807) is 23.1 Å². The highest BCUT2D eigenvalue weighted by Crippen LogP contribution is 2.43. The Morgan fingerprint density at radius 1 is 1.20 bits per heavy atom. The molecule has 2 amide bonds. The van der Waals surface area contributed by atoms with Gasteiger partial charge in [0, 0.05) is 42.7 Å². The molecule has 2 saturated heterocycles. The third kappa shape index (κ3) is 3.36. The number of fused-ring (bicyclic) bond motifs is 1. The Morgan fingerprint density at radius 3 is 2.70 bits per heavy atom. The van der Waals surface area contributed by atoms with Crippen LogP contribution < -0.4 is 19.3 Å². The van der Waals surface area contributed by atoms with Crippen LogP contribution in [-0.4, -0.2) is 61.9 Å². The number of carbonyl (C=O) groups excluding carboxylic acids is 1. The standard InChI is InChI=1S/C20H19ClF2N4O3/c21-13-1-3-15-16(7-13)29-6-5-27(15)19(28)26-11-20(12-26)9-25(10-20)17-4-2-14(8-24-17)30-18(22)23/h1-4,7-8,18H,5-6,9-12H2. The number of pyridine rings is 1. The first-order valence-electron chi connectivity index (χ1n) is 9.57. The van der Waals surface area contributed by atoms with E-state index >= 15 is 0 Å². The Morgan fingerprint density at radius 2 is 2.00 bits per heavy atom. The first-order chi connectivity index (χ1) is 14.4. The van der Waals surface area contributed by atoms with Crippen LogP contribution in [0.25, 0.3) is 0 Å². The number of halogens is 3. The summed E-state index contributed by atoms with van der Waals surface area (Å²) in [5, 5.41) is 0.572. The van der Waals surface area contributed by atoms with Gasteiger partial charge in [-0.2, -0.15) is 8.78 Å². The molecule has 158 valence electrons. The predicted octanol–water partition coefficient (Wildman–Crippen LogP) is 3.48. The van der Waals surface area contributed by atoms with Crippen molar-refractivity contribution in [2.45, 2.75) is 6.61 Å². The van der Waals surface area contributed by atoms with Crippen molar-refractivity contribution in [1.29, 1.82) is 0 Å². The molecule has 0 bridgehead atoms. The monoisotopic (exact) mass is 436 g/mol. The van der Waals surface area contributed by atoms with Crippen molar-refractivity contribution in [3.05, 3.63) is 41.6 Å². The summed E-state index contributed by atoms with van der Waals surface area (Å²) in [6.45, 7) is 0.967. The fourth-order valence-electron chi connectivity index (χ4n) is 4.32. The molecule has 10 heteroatoms.